The van der Waals surface area contributed by atoms with E-state index in [0.29, 0.717) is 17.6 Å². The summed E-state index contributed by atoms with van der Waals surface area (Å²) in [7, 11) is 0. The van der Waals surface area contributed by atoms with Crippen molar-refractivity contribution in [3.8, 4) is 11.5 Å². The van der Waals surface area contributed by atoms with E-state index in [9.17, 15) is 0 Å². The summed E-state index contributed by atoms with van der Waals surface area (Å²) in [6.45, 7) is 10.6. The van der Waals surface area contributed by atoms with E-state index in [-0.39, 0.29) is 5.41 Å². The van der Waals surface area contributed by atoms with Gasteiger partial charge < -0.3 is 5.43 Å². The van der Waals surface area contributed by atoms with E-state index in [1.807, 2.05) is 11.4 Å². The molecule has 2 rings (SSSR count). The van der Waals surface area contributed by atoms with Crippen LogP contribution in [0.3, 0.4) is 0 Å². The predicted molar refractivity (Wildman–Crippen MR) is 83.7 cm³/mol. The largest absolute Gasteiger partial charge is 0.308 e. The van der Waals surface area contributed by atoms with E-state index >= 15 is 0 Å². The summed E-state index contributed by atoms with van der Waals surface area (Å²) in [4.78, 5) is 13.6. The number of nitrogens with two attached hydrogens (primary N) is 1. The molecule has 108 valence electrons. The lowest BCUT2D eigenvalue weighted by molar-refractivity contribution is 0.586. The first-order valence-electron chi connectivity index (χ1n) is 6.63. The Hall–Kier alpha value is -1.53. The Bertz CT molecular complexity index is 598. The minimum absolute atomic E-state index is 0.0352. The van der Waals surface area contributed by atoms with Crippen molar-refractivity contribution in [3.63, 3.8) is 0 Å². The maximum atomic E-state index is 5.48. The van der Waals surface area contributed by atoms with Gasteiger partial charge in [0.25, 0.3) is 0 Å². The molecule has 0 spiro atoms. The van der Waals surface area contributed by atoms with Crippen LogP contribution in [0, 0.1) is 0 Å². The van der Waals surface area contributed by atoms with Gasteiger partial charge in [-0.15, -0.1) is 11.3 Å². The SMILES string of the molecule is CC(C)c1cc(NN)nc(-c2csc(C(C)(C)C)n2)n1. The van der Waals surface area contributed by atoms with E-state index in [4.69, 9.17) is 5.84 Å². The van der Waals surface area contributed by atoms with E-state index < -0.39 is 0 Å². The van der Waals surface area contributed by atoms with Crippen LogP contribution >= 0.6 is 11.3 Å². The monoisotopic (exact) mass is 291 g/mol. The van der Waals surface area contributed by atoms with Gasteiger partial charge in [-0.25, -0.2) is 20.8 Å². The number of nitrogen functional groups attached to an aromatic ring is 1. The van der Waals surface area contributed by atoms with Gasteiger partial charge in [-0.2, -0.15) is 0 Å². The lowest BCUT2D eigenvalue weighted by atomic mass is 9.98. The van der Waals surface area contributed by atoms with Crippen LogP contribution in [0.1, 0.15) is 51.2 Å². The van der Waals surface area contributed by atoms with Crippen molar-refractivity contribution in [2.24, 2.45) is 5.84 Å². The molecule has 2 aromatic heterocycles. The van der Waals surface area contributed by atoms with Gasteiger partial charge in [0.05, 0.1) is 5.01 Å². The molecule has 2 aromatic rings. The summed E-state index contributed by atoms with van der Waals surface area (Å²) >= 11 is 1.64. The highest BCUT2D eigenvalue weighted by Crippen LogP contribution is 2.29. The fraction of sp³-hybridized carbons (Fsp3) is 0.500. The van der Waals surface area contributed by atoms with Gasteiger partial charge in [0.15, 0.2) is 5.82 Å². The number of thiazole rings is 1. The molecular formula is C14H21N5S. The third-order valence-electron chi connectivity index (χ3n) is 2.86. The summed E-state index contributed by atoms with van der Waals surface area (Å²) < 4.78 is 0. The number of nitrogens with zero attached hydrogens (tertiary/aromatic N) is 3. The second-order valence-corrected chi connectivity index (χ2v) is 6.95. The molecule has 0 unspecified atom stereocenters. The minimum atomic E-state index is 0.0352. The summed E-state index contributed by atoms with van der Waals surface area (Å²) in [5.74, 6) is 7.03. The fourth-order valence-electron chi connectivity index (χ4n) is 1.67. The average Bonchev–Trinajstić information content (AvgIpc) is 2.87. The van der Waals surface area contributed by atoms with Gasteiger partial charge in [0.2, 0.25) is 0 Å². The van der Waals surface area contributed by atoms with Crippen LogP contribution in [0.15, 0.2) is 11.4 Å². The molecule has 0 aliphatic rings. The van der Waals surface area contributed by atoms with Crippen LogP contribution in [0.5, 0.6) is 0 Å². The van der Waals surface area contributed by atoms with Crippen LogP contribution < -0.4 is 11.3 Å². The average molecular weight is 291 g/mol. The third kappa shape index (κ3) is 3.13. The highest BCUT2D eigenvalue weighted by atomic mass is 32.1. The van der Waals surface area contributed by atoms with E-state index in [0.717, 1.165) is 16.4 Å². The number of nitrogens with one attached hydrogen (secondary N) is 1. The van der Waals surface area contributed by atoms with Gasteiger partial charge in [0, 0.05) is 22.6 Å². The second-order valence-electron chi connectivity index (χ2n) is 6.09. The molecule has 0 amide bonds. The Balaban J connectivity index is 2.46. The Morgan fingerprint density at radius 3 is 2.40 bits per heavy atom. The topological polar surface area (TPSA) is 76.7 Å². The van der Waals surface area contributed by atoms with Crippen molar-refractivity contribution in [1.29, 1.82) is 0 Å². The van der Waals surface area contributed by atoms with Crippen LogP contribution in [-0.2, 0) is 5.41 Å². The van der Waals surface area contributed by atoms with Gasteiger partial charge in [-0.05, 0) is 5.92 Å². The second kappa shape index (κ2) is 5.46. The lowest BCUT2D eigenvalue weighted by Gasteiger charge is -2.13. The van der Waals surface area contributed by atoms with Crippen molar-refractivity contribution in [1.82, 2.24) is 15.0 Å². The molecule has 0 aliphatic carbocycles. The quantitative estimate of drug-likeness (QED) is 0.670. The summed E-state index contributed by atoms with van der Waals surface area (Å²) in [5, 5.41) is 3.08. The zero-order valence-electron chi connectivity index (χ0n) is 12.6. The molecule has 3 N–H and O–H groups in total. The Morgan fingerprint density at radius 2 is 1.90 bits per heavy atom. The van der Waals surface area contributed by atoms with Gasteiger partial charge in [0.1, 0.15) is 11.5 Å². The highest BCUT2D eigenvalue weighted by Gasteiger charge is 2.20. The van der Waals surface area contributed by atoms with E-state index in [2.05, 4.69) is 55.0 Å². The number of rotatable bonds is 3. The molecule has 0 saturated heterocycles. The number of hydrazine groups is 1. The number of hydrogen-bond acceptors (Lipinski definition) is 6. The van der Waals surface area contributed by atoms with Gasteiger partial charge >= 0.3 is 0 Å². The standard InChI is InChI=1S/C14H21N5S/c1-8(2)9-6-11(19-15)18-12(16-9)10-7-20-13(17-10)14(3,4)5/h6-8H,15H2,1-5H3,(H,16,18,19). The minimum Gasteiger partial charge on any atom is -0.308 e. The fourth-order valence-corrected chi connectivity index (χ4v) is 2.56. The van der Waals surface area contributed by atoms with Crippen molar-refractivity contribution < 1.29 is 0 Å². The molecule has 5 nitrogen and oxygen atoms in total. The summed E-state index contributed by atoms with van der Waals surface area (Å²) in [6, 6.07) is 1.87. The van der Waals surface area contributed by atoms with Crippen molar-refractivity contribution in [3.05, 3.63) is 22.1 Å². The van der Waals surface area contributed by atoms with Crippen LogP contribution in [0.25, 0.3) is 11.5 Å². The molecule has 0 aliphatic heterocycles. The maximum Gasteiger partial charge on any atom is 0.181 e. The van der Waals surface area contributed by atoms with Crippen molar-refractivity contribution in [2.75, 3.05) is 5.43 Å². The van der Waals surface area contributed by atoms with Gasteiger partial charge in [-0.1, -0.05) is 34.6 Å². The number of hydrogen-bond donors (Lipinski definition) is 2. The zero-order valence-corrected chi connectivity index (χ0v) is 13.4. The molecule has 2 heterocycles. The molecule has 0 fully saturated rings. The molecule has 0 radical (unpaired) electrons. The molecule has 6 heteroatoms. The smallest absolute Gasteiger partial charge is 0.181 e. The molecule has 20 heavy (non-hydrogen) atoms. The predicted octanol–water partition coefficient (Wildman–Crippen LogP) is 3.31. The van der Waals surface area contributed by atoms with Crippen LogP contribution in [-0.4, -0.2) is 15.0 Å². The Morgan fingerprint density at radius 1 is 1.20 bits per heavy atom. The zero-order chi connectivity index (χ0) is 14.9. The van der Waals surface area contributed by atoms with Crippen LogP contribution in [0.4, 0.5) is 5.82 Å². The van der Waals surface area contributed by atoms with E-state index in [1.165, 1.54) is 0 Å². The highest BCUT2D eigenvalue weighted by molar-refractivity contribution is 7.10. The maximum absolute atomic E-state index is 5.48. The number of aromatic nitrogens is 3. The molecular weight excluding hydrogens is 270 g/mol. The number of anilines is 1. The first-order chi connectivity index (χ1) is 9.31. The first kappa shape index (κ1) is 14.9. The molecule has 0 bridgehead atoms. The summed E-state index contributed by atoms with van der Waals surface area (Å²) in [6.07, 6.45) is 0. The Labute approximate surface area is 123 Å². The van der Waals surface area contributed by atoms with Crippen molar-refractivity contribution in [2.45, 2.75) is 46.0 Å². The summed E-state index contributed by atoms with van der Waals surface area (Å²) in [5.41, 5.74) is 4.39. The van der Waals surface area contributed by atoms with Gasteiger partial charge in [-0.3, -0.25) is 0 Å². The Kier molecular flexibility index (Phi) is 4.06. The molecule has 0 saturated carbocycles. The third-order valence-corrected chi connectivity index (χ3v) is 4.13. The van der Waals surface area contributed by atoms with Crippen molar-refractivity contribution >= 4 is 17.2 Å². The first-order valence-corrected chi connectivity index (χ1v) is 7.51. The normalized spacial score (nSPS) is 11.9. The van der Waals surface area contributed by atoms with Crippen LogP contribution in [0.2, 0.25) is 0 Å². The molecule has 0 atom stereocenters. The van der Waals surface area contributed by atoms with E-state index in [1.54, 1.807) is 11.3 Å². The molecule has 0 aromatic carbocycles. The lowest BCUT2D eigenvalue weighted by Crippen LogP contribution is -2.12.